The summed E-state index contributed by atoms with van der Waals surface area (Å²) in [6, 6.07) is 5.85. The van der Waals surface area contributed by atoms with E-state index in [1.165, 1.54) is 0 Å². The molecule has 1 aromatic carbocycles. The maximum Gasteiger partial charge on any atom is 0.218 e. The molecule has 0 saturated heterocycles. The van der Waals surface area contributed by atoms with Crippen molar-refractivity contribution in [2.75, 3.05) is 0 Å². The highest BCUT2D eigenvalue weighted by molar-refractivity contribution is 9.10. The van der Waals surface area contributed by atoms with Gasteiger partial charge in [-0.05, 0) is 53.9 Å². The number of hydrogen-bond donors (Lipinski definition) is 0. The highest BCUT2D eigenvalue weighted by Crippen LogP contribution is 2.33. The van der Waals surface area contributed by atoms with Gasteiger partial charge in [0.25, 0.3) is 0 Å². The van der Waals surface area contributed by atoms with E-state index in [4.69, 9.17) is 4.74 Å². The summed E-state index contributed by atoms with van der Waals surface area (Å²) in [4.78, 5) is 12.3. The highest BCUT2D eigenvalue weighted by Gasteiger charge is 2.40. The lowest BCUT2D eigenvalue weighted by atomic mass is 9.88. The zero-order valence-electron chi connectivity index (χ0n) is 11.9. The molecule has 0 aliphatic carbocycles. The van der Waals surface area contributed by atoms with E-state index < -0.39 is 9.93 Å². The Morgan fingerprint density at radius 1 is 1.17 bits per heavy atom. The topological polar surface area (TPSA) is 26.3 Å². The molecule has 1 atom stereocenters. The summed E-state index contributed by atoms with van der Waals surface area (Å²) in [5, 5.41) is 0. The van der Waals surface area contributed by atoms with E-state index in [1.807, 2.05) is 52.8 Å². The predicted octanol–water partition coefficient (Wildman–Crippen LogP) is 4.41. The Hall–Kier alpha value is -0.830. The molecule has 18 heavy (non-hydrogen) atoms. The van der Waals surface area contributed by atoms with Crippen LogP contribution in [0, 0.1) is 19.3 Å². The molecule has 1 unspecified atom stereocenters. The molecule has 0 aromatic heterocycles. The van der Waals surface area contributed by atoms with Crippen LogP contribution in [0.1, 0.15) is 38.8 Å². The zero-order valence-corrected chi connectivity index (χ0v) is 13.5. The molecule has 0 N–H and O–H groups in total. The minimum Gasteiger partial charge on any atom is -0.468 e. The van der Waals surface area contributed by atoms with Gasteiger partial charge >= 0.3 is 0 Å². The lowest BCUT2D eigenvalue weighted by Gasteiger charge is -2.30. The fraction of sp³-hybridized carbons (Fsp3) is 0.533. The third-order valence-electron chi connectivity index (χ3n) is 2.94. The lowest BCUT2D eigenvalue weighted by Crippen LogP contribution is -2.42. The van der Waals surface area contributed by atoms with Crippen LogP contribution in [0.5, 0.6) is 5.75 Å². The number of benzene rings is 1. The van der Waals surface area contributed by atoms with Crippen LogP contribution >= 0.6 is 15.9 Å². The van der Waals surface area contributed by atoms with Gasteiger partial charge in [0.15, 0.2) is 5.78 Å². The molecular weight excluding hydrogens is 292 g/mol. The molecule has 0 heterocycles. The van der Waals surface area contributed by atoms with Crippen LogP contribution in [0.2, 0.25) is 0 Å². The summed E-state index contributed by atoms with van der Waals surface area (Å²) >= 11 is 3.41. The van der Waals surface area contributed by atoms with E-state index in [1.54, 1.807) is 6.92 Å². The predicted molar refractivity (Wildman–Crippen MR) is 78.3 cm³/mol. The minimum atomic E-state index is -0.996. The van der Waals surface area contributed by atoms with E-state index in [9.17, 15) is 4.79 Å². The van der Waals surface area contributed by atoms with E-state index >= 15 is 0 Å². The maximum absolute atomic E-state index is 12.3. The Kier molecular flexibility index (Phi) is 4.26. The van der Waals surface area contributed by atoms with Crippen molar-refractivity contribution in [3.63, 3.8) is 0 Å². The van der Waals surface area contributed by atoms with Crippen molar-refractivity contribution in [3.05, 3.63) is 29.3 Å². The molecule has 0 aliphatic rings. The average Bonchev–Trinajstić information content (AvgIpc) is 2.22. The molecule has 0 bridgehead atoms. The maximum atomic E-state index is 12.3. The molecule has 0 spiro atoms. The SMILES string of the molecule is Cc1cccc(OC(C)(Br)C(=O)C(C)(C)C)c1C. The van der Waals surface area contributed by atoms with Crippen LogP contribution in [0.25, 0.3) is 0 Å². The summed E-state index contributed by atoms with van der Waals surface area (Å²) < 4.78 is 4.87. The summed E-state index contributed by atoms with van der Waals surface area (Å²) in [6.45, 7) is 11.4. The van der Waals surface area contributed by atoms with Gasteiger partial charge in [-0.2, -0.15) is 0 Å². The summed E-state index contributed by atoms with van der Waals surface area (Å²) in [7, 11) is 0. The smallest absolute Gasteiger partial charge is 0.218 e. The quantitative estimate of drug-likeness (QED) is 0.773. The van der Waals surface area contributed by atoms with Crippen LogP contribution < -0.4 is 4.74 Å². The molecule has 1 aromatic rings. The van der Waals surface area contributed by atoms with E-state index in [2.05, 4.69) is 15.9 Å². The molecule has 3 heteroatoms. The van der Waals surface area contributed by atoms with Gasteiger partial charge < -0.3 is 4.74 Å². The first-order valence-electron chi connectivity index (χ1n) is 6.05. The van der Waals surface area contributed by atoms with Crippen molar-refractivity contribution in [2.24, 2.45) is 5.41 Å². The van der Waals surface area contributed by atoms with E-state index in [0.717, 1.165) is 16.9 Å². The molecule has 100 valence electrons. The van der Waals surface area contributed by atoms with Gasteiger partial charge in [0.05, 0.1) is 0 Å². The van der Waals surface area contributed by atoms with Gasteiger partial charge in [0.2, 0.25) is 4.51 Å². The minimum absolute atomic E-state index is 0.0240. The molecule has 0 radical (unpaired) electrons. The Labute approximate surface area is 118 Å². The molecule has 0 amide bonds. The van der Waals surface area contributed by atoms with Crippen LogP contribution in [-0.4, -0.2) is 10.3 Å². The largest absolute Gasteiger partial charge is 0.468 e. The Morgan fingerprint density at radius 2 is 1.72 bits per heavy atom. The van der Waals surface area contributed by atoms with E-state index in [-0.39, 0.29) is 5.78 Å². The number of carbonyl (C=O) groups excluding carboxylic acids is 1. The molecule has 1 rings (SSSR count). The van der Waals surface area contributed by atoms with E-state index in [0.29, 0.717) is 0 Å². The molecule has 0 aliphatic heterocycles. The fourth-order valence-electron chi connectivity index (χ4n) is 1.76. The monoisotopic (exact) mass is 312 g/mol. The fourth-order valence-corrected chi connectivity index (χ4v) is 2.53. The molecule has 0 saturated carbocycles. The van der Waals surface area contributed by atoms with Gasteiger partial charge in [-0.1, -0.05) is 32.9 Å². The second-order valence-corrected chi connectivity index (χ2v) is 7.31. The second-order valence-electron chi connectivity index (χ2n) is 5.80. The van der Waals surface area contributed by atoms with Crippen molar-refractivity contribution in [1.29, 1.82) is 0 Å². The van der Waals surface area contributed by atoms with Crippen LogP contribution in [0.4, 0.5) is 0 Å². The van der Waals surface area contributed by atoms with Gasteiger partial charge in [-0.3, -0.25) is 4.79 Å². The summed E-state index contributed by atoms with van der Waals surface area (Å²) in [6.07, 6.45) is 0. The number of hydrogen-bond acceptors (Lipinski definition) is 2. The second kappa shape index (κ2) is 5.04. The normalized spacial score (nSPS) is 15.1. The zero-order chi connectivity index (χ0) is 14.1. The number of ketones is 1. The van der Waals surface area contributed by atoms with Crippen LogP contribution in [0.15, 0.2) is 18.2 Å². The summed E-state index contributed by atoms with van der Waals surface area (Å²) in [5.74, 6) is 0.767. The first kappa shape index (κ1) is 15.2. The van der Waals surface area contributed by atoms with Gasteiger partial charge in [0.1, 0.15) is 5.75 Å². The van der Waals surface area contributed by atoms with Crippen molar-refractivity contribution in [1.82, 2.24) is 0 Å². The average molecular weight is 313 g/mol. The molecule has 0 fully saturated rings. The third-order valence-corrected chi connectivity index (χ3v) is 3.47. The number of Topliss-reactive ketones (excluding diaryl/α,β-unsaturated/α-hetero) is 1. The van der Waals surface area contributed by atoms with Crippen molar-refractivity contribution in [2.45, 2.75) is 46.1 Å². The number of alkyl halides is 1. The number of aryl methyl sites for hydroxylation is 1. The Bertz CT molecular complexity index is 456. The van der Waals surface area contributed by atoms with Crippen molar-refractivity contribution < 1.29 is 9.53 Å². The van der Waals surface area contributed by atoms with Gasteiger partial charge in [-0.15, -0.1) is 0 Å². The summed E-state index contributed by atoms with van der Waals surface area (Å²) in [5.41, 5.74) is 1.76. The highest BCUT2D eigenvalue weighted by atomic mass is 79.9. The van der Waals surface area contributed by atoms with Gasteiger partial charge in [0, 0.05) is 5.41 Å². The lowest BCUT2D eigenvalue weighted by molar-refractivity contribution is -0.134. The first-order chi connectivity index (χ1) is 8.05. The first-order valence-corrected chi connectivity index (χ1v) is 6.84. The number of rotatable bonds is 3. The molecule has 2 nitrogen and oxygen atoms in total. The van der Waals surface area contributed by atoms with Gasteiger partial charge in [-0.25, -0.2) is 0 Å². The van der Waals surface area contributed by atoms with Crippen molar-refractivity contribution >= 4 is 21.7 Å². The molecular formula is C15H21BrO2. The standard InChI is InChI=1S/C15H21BrO2/c1-10-8-7-9-12(11(10)2)18-15(6,16)13(17)14(3,4)5/h7-9H,1-6H3. The Balaban J connectivity index is 3.03. The van der Waals surface area contributed by atoms with Crippen LogP contribution in [0.3, 0.4) is 0 Å². The third kappa shape index (κ3) is 3.35. The van der Waals surface area contributed by atoms with Crippen LogP contribution in [-0.2, 0) is 4.79 Å². The number of halogens is 1. The van der Waals surface area contributed by atoms with Crippen molar-refractivity contribution in [3.8, 4) is 5.75 Å². The number of ether oxygens (including phenoxy) is 1. The Morgan fingerprint density at radius 3 is 2.22 bits per heavy atom. The number of carbonyl (C=O) groups is 1.